The van der Waals surface area contributed by atoms with Gasteiger partial charge >= 0.3 is 6.03 Å². The van der Waals surface area contributed by atoms with Crippen molar-refractivity contribution in [3.05, 3.63) is 54.4 Å². The molecule has 0 spiro atoms. The minimum absolute atomic E-state index is 0.128. The topological polar surface area (TPSA) is 74.3 Å². The smallest absolute Gasteiger partial charge is 0.319 e. The third kappa shape index (κ3) is 3.85. The maximum Gasteiger partial charge on any atom is 0.319 e. The second kappa shape index (κ2) is 6.91. The first kappa shape index (κ1) is 15.0. The highest BCUT2D eigenvalue weighted by molar-refractivity contribution is 5.96. The van der Waals surface area contributed by atoms with E-state index >= 15 is 0 Å². The molecule has 1 saturated heterocycles. The van der Waals surface area contributed by atoms with Crippen LogP contribution in [0.15, 0.2) is 48.8 Å². The van der Waals surface area contributed by atoms with Crippen LogP contribution in [0.1, 0.15) is 18.4 Å². The van der Waals surface area contributed by atoms with Crippen molar-refractivity contribution in [1.29, 1.82) is 0 Å². The summed E-state index contributed by atoms with van der Waals surface area (Å²) < 4.78 is 0. The predicted molar refractivity (Wildman–Crippen MR) is 88.1 cm³/mol. The molecule has 0 aliphatic carbocycles. The van der Waals surface area contributed by atoms with Gasteiger partial charge in [-0.1, -0.05) is 12.1 Å². The van der Waals surface area contributed by atoms with E-state index in [0.29, 0.717) is 18.7 Å². The zero-order valence-electron chi connectivity index (χ0n) is 12.7. The van der Waals surface area contributed by atoms with Gasteiger partial charge in [0.05, 0.1) is 0 Å². The molecule has 6 nitrogen and oxygen atoms in total. The molecule has 1 fully saturated rings. The van der Waals surface area contributed by atoms with Gasteiger partial charge in [0.1, 0.15) is 0 Å². The Morgan fingerprint density at radius 3 is 2.91 bits per heavy atom. The summed E-state index contributed by atoms with van der Waals surface area (Å²) in [6.45, 7) is 1.14. The van der Waals surface area contributed by atoms with E-state index in [2.05, 4.69) is 15.6 Å². The van der Waals surface area contributed by atoms with Gasteiger partial charge < -0.3 is 15.5 Å². The molecule has 2 aromatic rings. The molecule has 1 aromatic carbocycles. The van der Waals surface area contributed by atoms with Gasteiger partial charge in [-0.2, -0.15) is 0 Å². The number of nitrogens with zero attached hydrogens (tertiary/aromatic N) is 2. The number of hydrogen-bond acceptors (Lipinski definition) is 3. The van der Waals surface area contributed by atoms with Crippen molar-refractivity contribution in [2.75, 3.05) is 16.8 Å². The first-order chi connectivity index (χ1) is 11.2. The van der Waals surface area contributed by atoms with Crippen molar-refractivity contribution < 1.29 is 9.59 Å². The van der Waals surface area contributed by atoms with Crippen LogP contribution >= 0.6 is 0 Å². The molecule has 118 valence electrons. The SMILES string of the molecule is O=C(NCc1cccnc1)Nc1cccc(N2CCCC2=O)c1. The summed E-state index contributed by atoms with van der Waals surface area (Å²) in [7, 11) is 0. The van der Waals surface area contributed by atoms with Crippen molar-refractivity contribution in [2.24, 2.45) is 0 Å². The molecule has 3 amide bonds. The summed E-state index contributed by atoms with van der Waals surface area (Å²) in [5.74, 6) is 0.128. The lowest BCUT2D eigenvalue weighted by atomic mass is 10.2. The molecule has 2 N–H and O–H groups in total. The zero-order valence-corrected chi connectivity index (χ0v) is 12.7. The molecule has 0 radical (unpaired) electrons. The molecule has 2 heterocycles. The molecular formula is C17H18N4O2. The fourth-order valence-corrected chi connectivity index (χ4v) is 2.53. The summed E-state index contributed by atoms with van der Waals surface area (Å²) in [5.41, 5.74) is 2.41. The van der Waals surface area contributed by atoms with Crippen LogP contribution in [-0.4, -0.2) is 23.5 Å². The third-order valence-corrected chi connectivity index (χ3v) is 3.66. The molecular weight excluding hydrogens is 292 g/mol. The molecule has 1 aliphatic heterocycles. The molecule has 6 heteroatoms. The molecule has 1 aliphatic rings. The summed E-state index contributed by atoms with van der Waals surface area (Å²) in [4.78, 5) is 29.5. The Balaban J connectivity index is 1.59. The fraction of sp³-hybridized carbons (Fsp3) is 0.235. The lowest BCUT2D eigenvalue weighted by molar-refractivity contribution is -0.117. The normalized spacial score (nSPS) is 13.9. The van der Waals surface area contributed by atoms with Crippen molar-refractivity contribution >= 4 is 23.3 Å². The van der Waals surface area contributed by atoms with E-state index in [-0.39, 0.29) is 11.9 Å². The van der Waals surface area contributed by atoms with E-state index in [0.717, 1.165) is 24.2 Å². The molecule has 3 rings (SSSR count). The number of anilines is 2. The Bertz CT molecular complexity index is 703. The molecule has 0 unspecified atom stereocenters. The van der Waals surface area contributed by atoms with Gasteiger partial charge in [0, 0.05) is 43.3 Å². The number of urea groups is 1. The first-order valence-electron chi connectivity index (χ1n) is 7.56. The van der Waals surface area contributed by atoms with Crippen molar-refractivity contribution in [1.82, 2.24) is 10.3 Å². The Morgan fingerprint density at radius 1 is 1.26 bits per heavy atom. The number of carbonyl (C=O) groups is 2. The van der Waals surface area contributed by atoms with Crippen LogP contribution in [0.2, 0.25) is 0 Å². The molecule has 0 bridgehead atoms. The maximum atomic E-state index is 12.0. The quantitative estimate of drug-likeness (QED) is 0.911. The molecule has 23 heavy (non-hydrogen) atoms. The average molecular weight is 310 g/mol. The lowest BCUT2D eigenvalue weighted by Gasteiger charge is -2.17. The number of nitrogens with one attached hydrogen (secondary N) is 2. The summed E-state index contributed by atoms with van der Waals surface area (Å²) in [5, 5.41) is 5.56. The van der Waals surface area contributed by atoms with E-state index in [9.17, 15) is 9.59 Å². The molecule has 0 atom stereocenters. The Kier molecular flexibility index (Phi) is 4.52. The van der Waals surface area contributed by atoms with Crippen molar-refractivity contribution in [2.45, 2.75) is 19.4 Å². The maximum absolute atomic E-state index is 12.0. The average Bonchev–Trinajstić information content (AvgIpc) is 3.00. The van der Waals surface area contributed by atoms with E-state index < -0.39 is 0 Å². The first-order valence-corrected chi connectivity index (χ1v) is 7.56. The number of carbonyl (C=O) groups excluding carboxylic acids is 2. The summed E-state index contributed by atoms with van der Waals surface area (Å²) in [6.07, 6.45) is 4.86. The van der Waals surface area contributed by atoms with Crippen LogP contribution in [-0.2, 0) is 11.3 Å². The van der Waals surface area contributed by atoms with Crippen molar-refractivity contribution in [3.63, 3.8) is 0 Å². The van der Waals surface area contributed by atoms with E-state index in [1.54, 1.807) is 23.4 Å². The third-order valence-electron chi connectivity index (χ3n) is 3.66. The number of amides is 3. The van der Waals surface area contributed by atoms with Gasteiger partial charge in [-0.25, -0.2) is 4.79 Å². The van der Waals surface area contributed by atoms with Crippen LogP contribution in [0.25, 0.3) is 0 Å². The lowest BCUT2D eigenvalue weighted by Crippen LogP contribution is -2.28. The largest absolute Gasteiger partial charge is 0.334 e. The van der Waals surface area contributed by atoms with Gasteiger partial charge in [0.25, 0.3) is 0 Å². The van der Waals surface area contributed by atoms with Crippen LogP contribution in [0.4, 0.5) is 16.2 Å². The summed E-state index contributed by atoms with van der Waals surface area (Å²) in [6, 6.07) is 10.7. The monoisotopic (exact) mass is 310 g/mol. The summed E-state index contributed by atoms with van der Waals surface area (Å²) >= 11 is 0. The Labute approximate surface area is 134 Å². The highest BCUT2D eigenvalue weighted by Crippen LogP contribution is 2.24. The number of hydrogen-bond donors (Lipinski definition) is 2. The molecule has 0 saturated carbocycles. The van der Waals surface area contributed by atoms with Gasteiger partial charge in [-0.15, -0.1) is 0 Å². The van der Waals surface area contributed by atoms with Gasteiger partial charge in [-0.3, -0.25) is 9.78 Å². The fourth-order valence-electron chi connectivity index (χ4n) is 2.53. The van der Waals surface area contributed by atoms with Gasteiger partial charge in [-0.05, 0) is 36.2 Å². The van der Waals surface area contributed by atoms with Crippen LogP contribution in [0.3, 0.4) is 0 Å². The number of pyridine rings is 1. The van der Waals surface area contributed by atoms with Crippen molar-refractivity contribution in [3.8, 4) is 0 Å². The predicted octanol–water partition coefficient (Wildman–Crippen LogP) is 2.53. The minimum atomic E-state index is -0.293. The van der Waals surface area contributed by atoms with Crippen LogP contribution in [0, 0.1) is 0 Å². The van der Waals surface area contributed by atoms with E-state index in [1.807, 2.05) is 30.3 Å². The second-order valence-corrected chi connectivity index (χ2v) is 5.37. The number of rotatable bonds is 4. The Hall–Kier alpha value is -2.89. The minimum Gasteiger partial charge on any atom is -0.334 e. The Morgan fingerprint density at radius 2 is 2.17 bits per heavy atom. The van der Waals surface area contributed by atoms with Gasteiger partial charge in [0.2, 0.25) is 5.91 Å². The second-order valence-electron chi connectivity index (χ2n) is 5.37. The standard InChI is InChI=1S/C17H18N4O2/c22-16-7-3-9-21(16)15-6-1-5-14(10-15)20-17(23)19-12-13-4-2-8-18-11-13/h1-2,4-6,8,10-11H,3,7,9,12H2,(H2,19,20,23). The number of aromatic nitrogens is 1. The van der Waals surface area contributed by atoms with Crippen LogP contribution in [0.5, 0.6) is 0 Å². The van der Waals surface area contributed by atoms with E-state index in [1.165, 1.54) is 0 Å². The van der Waals surface area contributed by atoms with Gasteiger partial charge in [0.15, 0.2) is 0 Å². The highest BCUT2D eigenvalue weighted by Gasteiger charge is 2.21. The van der Waals surface area contributed by atoms with Crippen LogP contribution < -0.4 is 15.5 Å². The van der Waals surface area contributed by atoms with E-state index in [4.69, 9.17) is 0 Å². The molecule has 1 aromatic heterocycles. The highest BCUT2D eigenvalue weighted by atomic mass is 16.2. The zero-order chi connectivity index (χ0) is 16.1. The number of benzene rings is 1.